The first-order valence-corrected chi connectivity index (χ1v) is 13.2. The molecule has 0 spiro atoms. The molecule has 1 aliphatic carbocycles. The van der Waals surface area contributed by atoms with Gasteiger partial charge in [-0.05, 0) is 43.4 Å². The zero-order valence-corrected chi connectivity index (χ0v) is 23.4. The van der Waals surface area contributed by atoms with Crippen LogP contribution in [-0.2, 0) is 5.54 Å². The van der Waals surface area contributed by atoms with E-state index in [2.05, 4.69) is 37.0 Å². The summed E-state index contributed by atoms with van der Waals surface area (Å²) in [7, 11) is 0. The zero-order chi connectivity index (χ0) is 30.6. The number of aryl methyl sites for hydroxylation is 1. The number of nitrogens with zero attached hydrogens (tertiary/aromatic N) is 6. The lowest BCUT2D eigenvalue weighted by atomic mass is 9.96. The van der Waals surface area contributed by atoms with Crippen LogP contribution in [0.15, 0.2) is 36.6 Å². The average molecular weight is 588 g/mol. The fourth-order valence-electron chi connectivity index (χ4n) is 4.57. The maximum absolute atomic E-state index is 13.9. The van der Waals surface area contributed by atoms with Crippen LogP contribution in [0.5, 0.6) is 0 Å². The molecule has 1 atom stereocenters. The van der Waals surface area contributed by atoms with Crippen molar-refractivity contribution in [2.45, 2.75) is 58.3 Å². The Bertz CT molecular complexity index is 1720. The number of nitriles is 1. The van der Waals surface area contributed by atoms with E-state index in [9.17, 15) is 22.8 Å². The summed E-state index contributed by atoms with van der Waals surface area (Å²) in [5.74, 6) is -0.739. The van der Waals surface area contributed by atoms with E-state index in [0.717, 1.165) is 6.07 Å². The Morgan fingerprint density at radius 2 is 1.98 bits per heavy atom. The summed E-state index contributed by atoms with van der Waals surface area (Å²) in [6, 6.07) is 6.91. The molecule has 0 bridgehead atoms. The van der Waals surface area contributed by atoms with E-state index in [0.29, 0.717) is 44.6 Å². The van der Waals surface area contributed by atoms with Crippen molar-refractivity contribution in [1.82, 2.24) is 25.0 Å². The molecular formula is C28H27ClF4N8. The van der Waals surface area contributed by atoms with Gasteiger partial charge in [0.15, 0.2) is 5.54 Å². The number of anilines is 2. The molecule has 0 saturated heterocycles. The monoisotopic (exact) mass is 587 g/mol. The fourth-order valence-corrected chi connectivity index (χ4v) is 4.84. The predicted molar refractivity (Wildman–Crippen MR) is 147 cm³/mol. The van der Waals surface area contributed by atoms with E-state index in [-0.39, 0.29) is 34.7 Å². The van der Waals surface area contributed by atoms with E-state index in [1.54, 1.807) is 19.1 Å². The van der Waals surface area contributed by atoms with Crippen LogP contribution in [0.2, 0.25) is 5.02 Å². The van der Waals surface area contributed by atoms with Gasteiger partial charge in [0.2, 0.25) is 5.95 Å². The number of fused-ring (bicyclic) bond motifs is 1. The van der Waals surface area contributed by atoms with Crippen LogP contribution in [0.1, 0.15) is 63.5 Å². The number of hydrogen-bond acceptors (Lipinski definition) is 7. The Labute approximate surface area is 240 Å². The van der Waals surface area contributed by atoms with E-state index in [1.165, 1.54) is 12.3 Å². The normalized spacial score (nSPS) is 15.8. The van der Waals surface area contributed by atoms with Gasteiger partial charge >= 0.3 is 6.18 Å². The Hall–Kier alpha value is -3.98. The molecule has 1 saturated carbocycles. The van der Waals surface area contributed by atoms with Crippen molar-refractivity contribution in [3.63, 3.8) is 0 Å². The van der Waals surface area contributed by atoms with Crippen molar-refractivity contribution in [3.8, 4) is 6.07 Å². The Morgan fingerprint density at radius 3 is 2.59 bits per heavy atom. The number of pyridine rings is 2. The molecule has 0 radical (unpaired) electrons. The molecule has 214 valence electrons. The molecule has 3 aromatic heterocycles. The number of benzene rings is 1. The Kier molecular flexibility index (Phi) is 6.72. The van der Waals surface area contributed by atoms with Crippen molar-refractivity contribution >= 4 is 33.9 Å². The summed E-state index contributed by atoms with van der Waals surface area (Å²) in [6.07, 6.45) is -4.13. The zero-order valence-electron chi connectivity index (χ0n) is 23.7. The van der Waals surface area contributed by atoms with Gasteiger partial charge in [-0.15, -0.1) is 5.10 Å². The van der Waals surface area contributed by atoms with E-state index in [4.69, 9.17) is 13.0 Å². The second kappa shape index (κ2) is 10.1. The first-order valence-electron chi connectivity index (χ1n) is 13.3. The van der Waals surface area contributed by atoms with Gasteiger partial charge in [0, 0.05) is 35.1 Å². The van der Waals surface area contributed by atoms with E-state index < -0.39 is 29.9 Å². The van der Waals surface area contributed by atoms with Gasteiger partial charge < -0.3 is 10.6 Å². The molecule has 1 fully saturated rings. The van der Waals surface area contributed by atoms with Crippen LogP contribution < -0.4 is 10.6 Å². The lowest BCUT2D eigenvalue weighted by Crippen LogP contribution is -2.35. The average Bonchev–Trinajstić information content (AvgIpc) is 3.62. The summed E-state index contributed by atoms with van der Waals surface area (Å²) < 4.78 is 64.9. The van der Waals surface area contributed by atoms with Gasteiger partial charge in [-0.2, -0.15) is 22.8 Å². The largest absolute Gasteiger partial charge is 0.413 e. The van der Waals surface area contributed by atoms with Crippen molar-refractivity contribution in [3.05, 3.63) is 70.1 Å². The highest BCUT2D eigenvalue weighted by Gasteiger charge is 2.66. The number of rotatable bonds is 7. The molecule has 1 unspecified atom stereocenters. The van der Waals surface area contributed by atoms with Crippen LogP contribution in [0.4, 0.5) is 28.9 Å². The van der Waals surface area contributed by atoms with Crippen LogP contribution in [0, 0.1) is 29.6 Å². The third kappa shape index (κ3) is 5.51. The molecule has 1 aliphatic rings. The number of hydrogen-bond donors (Lipinski definition) is 2. The SMILES string of the molecule is [2H]c1c(C(Nc2cc(Cl)c3ncc(C#N)c(NCC(C)(C)C)c3c2)c2ccc(F)nc2C)nnn1C1(C(F)(F)F)CC1. The van der Waals surface area contributed by atoms with Crippen molar-refractivity contribution in [2.75, 3.05) is 17.2 Å². The lowest BCUT2D eigenvalue weighted by Gasteiger charge is -2.23. The second-order valence-electron chi connectivity index (χ2n) is 11.3. The molecule has 1 aromatic carbocycles. The van der Waals surface area contributed by atoms with Crippen LogP contribution >= 0.6 is 11.6 Å². The quantitative estimate of drug-likeness (QED) is 0.179. The van der Waals surface area contributed by atoms with Gasteiger partial charge in [0.05, 0.1) is 35.4 Å². The number of nitrogens with one attached hydrogen (secondary N) is 2. The molecule has 3 heterocycles. The summed E-state index contributed by atoms with van der Waals surface area (Å²) in [5, 5.41) is 24.8. The molecule has 0 amide bonds. The highest BCUT2D eigenvalue weighted by Crippen LogP contribution is 2.55. The minimum atomic E-state index is -4.61. The summed E-state index contributed by atoms with van der Waals surface area (Å²) in [5.41, 5.74) is -0.245. The Balaban J connectivity index is 1.64. The van der Waals surface area contributed by atoms with Gasteiger partial charge in [-0.1, -0.05) is 43.7 Å². The van der Waals surface area contributed by atoms with Gasteiger partial charge in [-0.25, -0.2) is 9.67 Å². The van der Waals surface area contributed by atoms with E-state index >= 15 is 0 Å². The smallest absolute Gasteiger partial charge is 0.383 e. The number of alkyl halides is 3. The lowest BCUT2D eigenvalue weighted by molar-refractivity contribution is -0.182. The van der Waals surface area contributed by atoms with Crippen molar-refractivity contribution < 1.29 is 18.9 Å². The third-order valence-corrected chi connectivity index (χ3v) is 7.24. The summed E-state index contributed by atoms with van der Waals surface area (Å²) >= 11 is 6.63. The number of halogens is 5. The van der Waals surface area contributed by atoms with E-state index in [1.807, 2.05) is 20.8 Å². The molecule has 8 nitrogen and oxygen atoms in total. The van der Waals surface area contributed by atoms with Gasteiger partial charge in [0.25, 0.3) is 0 Å². The molecule has 41 heavy (non-hydrogen) atoms. The van der Waals surface area contributed by atoms with Crippen LogP contribution in [-0.4, -0.2) is 37.7 Å². The molecular weight excluding hydrogens is 560 g/mol. The maximum atomic E-state index is 13.9. The summed E-state index contributed by atoms with van der Waals surface area (Å²) in [6.45, 7) is 8.19. The maximum Gasteiger partial charge on any atom is 0.413 e. The highest BCUT2D eigenvalue weighted by atomic mass is 35.5. The van der Waals surface area contributed by atoms with Crippen LogP contribution in [0.25, 0.3) is 10.9 Å². The topological polar surface area (TPSA) is 104 Å². The van der Waals surface area contributed by atoms with Gasteiger partial charge in [0.1, 0.15) is 11.8 Å². The predicted octanol–water partition coefficient (Wildman–Crippen LogP) is 6.90. The van der Waals surface area contributed by atoms with Crippen molar-refractivity contribution in [2.24, 2.45) is 5.41 Å². The highest BCUT2D eigenvalue weighted by molar-refractivity contribution is 6.35. The fraction of sp³-hybridized carbons (Fsp3) is 0.393. The number of aromatic nitrogens is 5. The van der Waals surface area contributed by atoms with Crippen LogP contribution in [0.3, 0.4) is 0 Å². The first-order chi connectivity index (χ1) is 19.6. The summed E-state index contributed by atoms with van der Waals surface area (Å²) in [4.78, 5) is 8.22. The molecule has 2 N–H and O–H groups in total. The minimum Gasteiger partial charge on any atom is -0.383 e. The molecule has 4 aromatic rings. The molecule has 0 aliphatic heterocycles. The third-order valence-electron chi connectivity index (χ3n) is 6.95. The second-order valence-corrected chi connectivity index (χ2v) is 11.7. The molecule has 13 heteroatoms. The Morgan fingerprint density at radius 1 is 1.24 bits per heavy atom. The standard InChI is InChI=1S/C28H27ClF4N8/c1-15-18(5-6-22(30)37-15)25(21-13-41(40-39-21)27(7-8-27)28(31,32)33)38-17-9-19-23(36-14-26(2,3)4)16(11-34)12-35-24(19)20(29)10-17/h5-6,9-10,12-13,25,38H,7-8,14H2,1-4H3,(H,35,36)/i13D. The first kappa shape index (κ1) is 27.2. The minimum absolute atomic E-state index is 0.103. The molecule has 5 rings (SSSR count). The van der Waals surface area contributed by atoms with Gasteiger partial charge in [-0.3, -0.25) is 4.98 Å². The van der Waals surface area contributed by atoms with Crippen molar-refractivity contribution in [1.29, 1.82) is 5.26 Å².